The number of ether oxygens (including phenoxy) is 1. The van der Waals surface area contributed by atoms with E-state index in [0.717, 1.165) is 23.3 Å². The normalized spacial score (nSPS) is 10.5. The fourth-order valence-corrected chi connectivity index (χ4v) is 3.12. The molecule has 0 fully saturated rings. The molecule has 0 atom stereocenters. The van der Waals surface area contributed by atoms with Crippen molar-refractivity contribution in [1.82, 2.24) is 4.98 Å². The standard InChI is InChI=1S/C25H16F2N2O3/c26-20-2-1-3-21(27)25(20)22-15-29-23(32-22)12-13-24(30)31-19-10-8-18(9-11-19)17-6-4-16(14-28)5-7-17/h1-11,15H,12-13H2. The van der Waals surface area contributed by atoms with Crippen LogP contribution in [-0.2, 0) is 11.2 Å². The average molecular weight is 430 g/mol. The molecule has 1 aromatic heterocycles. The van der Waals surface area contributed by atoms with Crippen molar-refractivity contribution in [2.45, 2.75) is 12.8 Å². The number of nitrogens with zero attached hydrogens (tertiary/aromatic N) is 2. The van der Waals surface area contributed by atoms with Gasteiger partial charge in [-0.25, -0.2) is 13.8 Å². The first kappa shape index (κ1) is 20.9. The predicted molar refractivity (Wildman–Crippen MR) is 112 cm³/mol. The highest BCUT2D eigenvalue weighted by Gasteiger charge is 2.16. The van der Waals surface area contributed by atoms with E-state index in [1.54, 1.807) is 24.3 Å². The Morgan fingerprint density at radius 3 is 2.22 bits per heavy atom. The maximum atomic E-state index is 13.9. The zero-order valence-electron chi connectivity index (χ0n) is 16.7. The van der Waals surface area contributed by atoms with Crippen molar-refractivity contribution >= 4 is 5.97 Å². The Morgan fingerprint density at radius 1 is 0.969 bits per heavy atom. The van der Waals surface area contributed by atoms with E-state index in [4.69, 9.17) is 14.4 Å². The first-order valence-electron chi connectivity index (χ1n) is 9.74. The number of aromatic nitrogens is 1. The van der Waals surface area contributed by atoms with Gasteiger partial charge in [0.05, 0.1) is 29.8 Å². The Hall–Kier alpha value is -4.31. The summed E-state index contributed by atoms with van der Waals surface area (Å²) in [6, 6.07) is 19.7. The van der Waals surface area contributed by atoms with Crippen LogP contribution < -0.4 is 4.74 Å². The summed E-state index contributed by atoms with van der Waals surface area (Å²) in [5, 5.41) is 8.87. The Bertz CT molecular complexity index is 1270. The molecule has 3 aromatic carbocycles. The molecule has 0 aliphatic carbocycles. The number of hydrogen-bond acceptors (Lipinski definition) is 5. The van der Waals surface area contributed by atoms with Crippen molar-refractivity contribution in [2.75, 3.05) is 0 Å². The van der Waals surface area contributed by atoms with Gasteiger partial charge < -0.3 is 9.15 Å². The fraction of sp³-hybridized carbons (Fsp3) is 0.0800. The van der Waals surface area contributed by atoms with Crippen LogP contribution in [0.3, 0.4) is 0 Å². The average Bonchev–Trinajstić information content (AvgIpc) is 3.27. The number of carbonyl (C=O) groups is 1. The molecule has 0 bridgehead atoms. The molecule has 5 nitrogen and oxygen atoms in total. The van der Waals surface area contributed by atoms with Crippen molar-refractivity contribution in [3.8, 4) is 34.3 Å². The summed E-state index contributed by atoms with van der Waals surface area (Å²) in [7, 11) is 0. The van der Waals surface area contributed by atoms with Crippen molar-refractivity contribution in [1.29, 1.82) is 5.26 Å². The molecular weight excluding hydrogens is 414 g/mol. The van der Waals surface area contributed by atoms with Gasteiger partial charge in [-0.2, -0.15) is 5.26 Å². The summed E-state index contributed by atoms with van der Waals surface area (Å²) < 4.78 is 38.4. The van der Waals surface area contributed by atoms with E-state index in [-0.39, 0.29) is 30.1 Å². The van der Waals surface area contributed by atoms with Gasteiger partial charge in [-0.3, -0.25) is 4.79 Å². The zero-order valence-corrected chi connectivity index (χ0v) is 16.7. The van der Waals surface area contributed by atoms with Gasteiger partial charge in [0.15, 0.2) is 11.7 Å². The molecule has 1 heterocycles. The third kappa shape index (κ3) is 4.71. The molecule has 158 valence electrons. The summed E-state index contributed by atoms with van der Waals surface area (Å²) in [6.07, 6.45) is 1.33. The van der Waals surface area contributed by atoms with E-state index in [1.165, 1.54) is 12.3 Å². The first-order chi connectivity index (χ1) is 15.5. The van der Waals surface area contributed by atoms with Gasteiger partial charge >= 0.3 is 5.97 Å². The van der Waals surface area contributed by atoms with Gasteiger partial charge in [0, 0.05) is 6.42 Å². The molecule has 0 radical (unpaired) electrons. The molecule has 0 aliphatic heterocycles. The number of aryl methyl sites for hydroxylation is 1. The molecule has 0 saturated heterocycles. The van der Waals surface area contributed by atoms with Crippen LogP contribution in [0.4, 0.5) is 8.78 Å². The number of nitriles is 1. The van der Waals surface area contributed by atoms with E-state index in [1.807, 2.05) is 24.3 Å². The number of carbonyl (C=O) groups excluding carboxylic acids is 1. The lowest BCUT2D eigenvalue weighted by Gasteiger charge is -2.06. The lowest BCUT2D eigenvalue weighted by atomic mass is 10.0. The number of esters is 1. The van der Waals surface area contributed by atoms with Crippen molar-refractivity contribution in [3.63, 3.8) is 0 Å². The molecule has 32 heavy (non-hydrogen) atoms. The Labute approximate surface area is 182 Å². The van der Waals surface area contributed by atoms with Gasteiger partial charge in [-0.05, 0) is 47.5 Å². The van der Waals surface area contributed by atoms with Crippen LogP contribution in [0, 0.1) is 23.0 Å². The second-order valence-electron chi connectivity index (χ2n) is 6.90. The SMILES string of the molecule is N#Cc1ccc(-c2ccc(OC(=O)CCc3ncc(-c4c(F)cccc4F)o3)cc2)cc1. The van der Waals surface area contributed by atoms with Crippen LogP contribution in [0.1, 0.15) is 17.9 Å². The minimum Gasteiger partial charge on any atom is -0.441 e. The molecule has 4 aromatic rings. The zero-order chi connectivity index (χ0) is 22.5. The van der Waals surface area contributed by atoms with Crippen LogP contribution in [0.2, 0.25) is 0 Å². The van der Waals surface area contributed by atoms with E-state index < -0.39 is 17.6 Å². The third-order valence-electron chi connectivity index (χ3n) is 4.74. The predicted octanol–water partition coefficient (Wildman–Crippen LogP) is 5.70. The largest absolute Gasteiger partial charge is 0.441 e. The molecule has 7 heteroatoms. The number of hydrogen-bond donors (Lipinski definition) is 0. The van der Waals surface area contributed by atoms with Crippen LogP contribution in [0.5, 0.6) is 5.75 Å². The van der Waals surface area contributed by atoms with Crippen LogP contribution in [0.25, 0.3) is 22.5 Å². The second-order valence-corrected chi connectivity index (χ2v) is 6.90. The maximum absolute atomic E-state index is 13.9. The Balaban J connectivity index is 1.34. The molecule has 0 amide bonds. The van der Waals surface area contributed by atoms with E-state index in [0.29, 0.717) is 11.3 Å². The van der Waals surface area contributed by atoms with Gasteiger partial charge in [-0.1, -0.05) is 30.3 Å². The Morgan fingerprint density at radius 2 is 1.59 bits per heavy atom. The number of halogens is 2. The number of benzene rings is 3. The highest BCUT2D eigenvalue weighted by Crippen LogP contribution is 2.27. The van der Waals surface area contributed by atoms with Crippen molar-refractivity contribution < 1.29 is 22.7 Å². The molecule has 0 N–H and O–H groups in total. The third-order valence-corrected chi connectivity index (χ3v) is 4.74. The van der Waals surface area contributed by atoms with E-state index >= 15 is 0 Å². The number of rotatable bonds is 6. The molecular formula is C25H16F2N2O3. The lowest BCUT2D eigenvalue weighted by molar-refractivity contribution is -0.134. The monoisotopic (exact) mass is 430 g/mol. The minimum atomic E-state index is -0.753. The summed E-state index contributed by atoms with van der Waals surface area (Å²) in [6.45, 7) is 0. The van der Waals surface area contributed by atoms with Crippen molar-refractivity contribution in [3.05, 3.63) is 96.0 Å². The Kier molecular flexibility index (Phi) is 6.04. The van der Waals surface area contributed by atoms with Crippen LogP contribution in [-0.4, -0.2) is 11.0 Å². The van der Waals surface area contributed by atoms with Gasteiger partial charge in [0.25, 0.3) is 0 Å². The van der Waals surface area contributed by atoms with Gasteiger partial charge in [0.1, 0.15) is 17.4 Å². The van der Waals surface area contributed by atoms with E-state index in [9.17, 15) is 13.6 Å². The topological polar surface area (TPSA) is 76.1 Å². The van der Waals surface area contributed by atoms with Crippen LogP contribution in [0.15, 0.2) is 77.3 Å². The van der Waals surface area contributed by atoms with Crippen molar-refractivity contribution in [2.24, 2.45) is 0 Å². The fourth-order valence-electron chi connectivity index (χ4n) is 3.12. The first-order valence-corrected chi connectivity index (χ1v) is 9.74. The molecule has 0 unspecified atom stereocenters. The van der Waals surface area contributed by atoms with E-state index in [2.05, 4.69) is 11.1 Å². The molecule has 0 aliphatic rings. The summed E-state index contributed by atoms with van der Waals surface area (Å²) in [5.41, 5.74) is 2.14. The molecule has 0 spiro atoms. The smallest absolute Gasteiger partial charge is 0.311 e. The highest BCUT2D eigenvalue weighted by molar-refractivity contribution is 5.73. The number of oxazole rings is 1. The summed E-state index contributed by atoms with van der Waals surface area (Å²) in [4.78, 5) is 16.1. The van der Waals surface area contributed by atoms with Gasteiger partial charge in [-0.15, -0.1) is 0 Å². The quantitative estimate of drug-likeness (QED) is 0.290. The lowest BCUT2D eigenvalue weighted by Crippen LogP contribution is -2.09. The molecule has 0 saturated carbocycles. The maximum Gasteiger partial charge on any atom is 0.311 e. The second kappa shape index (κ2) is 9.23. The van der Waals surface area contributed by atoms with Gasteiger partial charge in [0.2, 0.25) is 0 Å². The highest BCUT2D eigenvalue weighted by atomic mass is 19.1. The van der Waals surface area contributed by atoms with Crippen LogP contribution >= 0.6 is 0 Å². The molecule has 4 rings (SSSR count). The summed E-state index contributed by atoms with van der Waals surface area (Å²) >= 11 is 0. The summed E-state index contributed by atoms with van der Waals surface area (Å²) in [5.74, 6) is -1.48. The minimum absolute atomic E-state index is 0.0168.